The topological polar surface area (TPSA) is 102 Å². The van der Waals surface area contributed by atoms with Gasteiger partial charge in [-0.25, -0.2) is 9.59 Å². The van der Waals surface area contributed by atoms with Crippen molar-refractivity contribution in [2.45, 2.75) is 26.3 Å². The van der Waals surface area contributed by atoms with Crippen LogP contribution >= 0.6 is 11.6 Å². The van der Waals surface area contributed by atoms with Gasteiger partial charge in [0.15, 0.2) is 0 Å². The number of amides is 2. The number of nitriles is 1. The predicted molar refractivity (Wildman–Crippen MR) is 79.2 cm³/mol. The first-order valence-electron chi connectivity index (χ1n) is 6.33. The van der Waals surface area contributed by atoms with E-state index in [9.17, 15) is 9.59 Å². The molecule has 0 aliphatic heterocycles. The number of benzene rings is 1. The van der Waals surface area contributed by atoms with Gasteiger partial charge in [0, 0.05) is 0 Å². The van der Waals surface area contributed by atoms with Crippen molar-refractivity contribution >= 4 is 29.3 Å². The first-order valence-corrected chi connectivity index (χ1v) is 6.71. The minimum atomic E-state index is -1.09. The van der Waals surface area contributed by atoms with Crippen molar-refractivity contribution in [1.82, 2.24) is 5.32 Å². The van der Waals surface area contributed by atoms with E-state index < -0.39 is 18.0 Å². The molecule has 0 bridgehead atoms. The van der Waals surface area contributed by atoms with Crippen LogP contribution in [0.5, 0.6) is 0 Å². The number of nitrogens with zero attached hydrogens (tertiary/aromatic N) is 1. The number of anilines is 1. The Labute approximate surface area is 127 Å². The van der Waals surface area contributed by atoms with Crippen molar-refractivity contribution in [2.24, 2.45) is 5.92 Å². The Kier molecular flexibility index (Phi) is 6.00. The average Bonchev–Trinajstić information content (AvgIpc) is 2.39. The number of hydrogen-bond donors (Lipinski definition) is 3. The van der Waals surface area contributed by atoms with Crippen LogP contribution < -0.4 is 10.6 Å². The molecule has 1 atom stereocenters. The first-order chi connectivity index (χ1) is 9.83. The quantitative estimate of drug-likeness (QED) is 0.778. The summed E-state index contributed by atoms with van der Waals surface area (Å²) < 4.78 is 0. The van der Waals surface area contributed by atoms with E-state index in [4.69, 9.17) is 22.0 Å². The lowest BCUT2D eigenvalue weighted by Crippen LogP contribution is -2.43. The highest BCUT2D eigenvalue weighted by Crippen LogP contribution is 2.22. The average molecular weight is 310 g/mol. The minimum absolute atomic E-state index is 0.130. The zero-order valence-corrected chi connectivity index (χ0v) is 12.4. The van der Waals surface area contributed by atoms with Crippen LogP contribution in [-0.2, 0) is 4.79 Å². The van der Waals surface area contributed by atoms with Crippen LogP contribution in [0, 0.1) is 17.2 Å². The van der Waals surface area contributed by atoms with E-state index in [2.05, 4.69) is 10.6 Å². The summed E-state index contributed by atoms with van der Waals surface area (Å²) in [6.45, 7) is 3.74. The highest BCUT2D eigenvalue weighted by molar-refractivity contribution is 6.33. The molecule has 0 radical (unpaired) electrons. The molecule has 21 heavy (non-hydrogen) atoms. The Morgan fingerprint density at radius 1 is 1.43 bits per heavy atom. The Hall–Kier alpha value is -2.26. The number of carbonyl (C=O) groups excluding carboxylic acids is 1. The fourth-order valence-corrected chi connectivity index (χ4v) is 1.92. The number of urea groups is 1. The number of carboxylic acid groups (broad SMARTS) is 1. The van der Waals surface area contributed by atoms with Crippen LogP contribution in [0.25, 0.3) is 0 Å². The molecule has 1 aromatic carbocycles. The Bertz CT molecular complexity index is 581. The second-order valence-corrected chi connectivity index (χ2v) is 5.33. The molecule has 0 saturated carbocycles. The largest absolute Gasteiger partial charge is 0.480 e. The summed E-state index contributed by atoms with van der Waals surface area (Å²) >= 11 is 5.93. The molecular formula is C14H16ClN3O3. The highest BCUT2D eigenvalue weighted by Gasteiger charge is 2.21. The monoisotopic (exact) mass is 309 g/mol. The third-order valence-corrected chi connectivity index (χ3v) is 2.97. The molecule has 0 spiro atoms. The molecule has 0 heterocycles. The van der Waals surface area contributed by atoms with E-state index in [1.165, 1.54) is 18.2 Å². The number of rotatable bonds is 5. The van der Waals surface area contributed by atoms with Crippen molar-refractivity contribution < 1.29 is 14.7 Å². The smallest absolute Gasteiger partial charge is 0.326 e. The normalized spacial score (nSPS) is 11.6. The molecule has 7 heteroatoms. The van der Waals surface area contributed by atoms with Gasteiger partial charge in [0.2, 0.25) is 0 Å². The summed E-state index contributed by atoms with van der Waals surface area (Å²) in [5.41, 5.74) is 0.677. The van der Waals surface area contributed by atoms with Gasteiger partial charge in [0.1, 0.15) is 6.04 Å². The standard InChI is InChI=1S/C14H16ClN3O3/c1-8(2)5-12(13(19)20)18-14(21)17-11-4-3-9(7-16)6-10(11)15/h3-4,6,8,12H,5H2,1-2H3,(H,19,20)(H2,17,18,21)/t12-/m1/s1. The number of hydrogen-bond acceptors (Lipinski definition) is 3. The van der Waals surface area contributed by atoms with Gasteiger partial charge >= 0.3 is 12.0 Å². The molecule has 0 aromatic heterocycles. The van der Waals surface area contributed by atoms with Crippen molar-refractivity contribution in [1.29, 1.82) is 5.26 Å². The summed E-state index contributed by atoms with van der Waals surface area (Å²) in [6.07, 6.45) is 0.323. The third-order valence-electron chi connectivity index (χ3n) is 2.66. The van der Waals surface area contributed by atoms with Crippen molar-refractivity contribution in [3.8, 4) is 6.07 Å². The molecule has 0 aliphatic carbocycles. The Balaban J connectivity index is 2.72. The number of halogens is 1. The van der Waals surface area contributed by atoms with Crippen LogP contribution in [0.2, 0.25) is 5.02 Å². The van der Waals surface area contributed by atoms with Gasteiger partial charge in [0.05, 0.1) is 22.3 Å². The number of carbonyl (C=O) groups is 2. The van der Waals surface area contributed by atoms with E-state index in [-0.39, 0.29) is 10.9 Å². The van der Waals surface area contributed by atoms with Gasteiger partial charge < -0.3 is 15.7 Å². The predicted octanol–water partition coefficient (Wildman–Crippen LogP) is 2.83. The van der Waals surface area contributed by atoms with E-state index >= 15 is 0 Å². The Morgan fingerprint density at radius 2 is 2.10 bits per heavy atom. The summed E-state index contributed by atoms with van der Waals surface area (Å²) in [7, 11) is 0. The molecular weight excluding hydrogens is 294 g/mol. The number of carboxylic acids is 1. The van der Waals surface area contributed by atoms with Crippen molar-refractivity contribution in [3.63, 3.8) is 0 Å². The molecule has 0 unspecified atom stereocenters. The molecule has 2 amide bonds. The van der Waals surface area contributed by atoms with E-state index in [1.54, 1.807) is 0 Å². The van der Waals surface area contributed by atoms with Gasteiger partial charge in [-0.15, -0.1) is 0 Å². The molecule has 112 valence electrons. The van der Waals surface area contributed by atoms with Gasteiger partial charge in [-0.05, 0) is 30.5 Å². The second kappa shape index (κ2) is 7.50. The summed E-state index contributed by atoms with van der Waals surface area (Å²) in [6, 6.07) is 4.70. The zero-order valence-electron chi connectivity index (χ0n) is 11.7. The lowest BCUT2D eigenvalue weighted by molar-refractivity contribution is -0.139. The van der Waals surface area contributed by atoms with Gasteiger partial charge in [-0.3, -0.25) is 0 Å². The van der Waals surface area contributed by atoms with Gasteiger partial charge in [-0.2, -0.15) is 5.26 Å². The Morgan fingerprint density at radius 3 is 2.57 bits per heavy atom. The SMILES string of the molecule is CC(C)C[C@@H](NC(=O)Nc1ccc(C#N)cc1Cl)C(=O)O. The molecule has 3 N–H and O–H groups in total. The summed E-state index contributed by atoms with van der Waals surface area (Å²) in [4.78, 5) is 22.9. The second-order valence-electron chi connectivity index (χ2n) is 4.93. The fraction of sp³-hybridized carbons (Fsp3) is 0.357. The number of aliphatic carboxylic acids is 1. The minimum Gasteiger partial charge on any atom is -0.480 e. The maximum Gasteiger partial charge on any atom is 0.326 e. The molecule has 6 nitrogen and oxygen atoms in total. The van der Waals surface area contributed by atoms with Crippen LogP contribution in [0.1, 0.15) is 25.8 Å². The van der Waals surface area contributed by atoms with Crippen molar-refractivity contribution in [2.75, 3.05) is 5.32 Å². The number of nitrogens with one attached hydrogen (secondary N) is 2. The first kappa shape index (κ1) is 16.8. The lowest BCUT2D eigenvalue weighted by atomic mass is 10.0. The van der Waals surface area contributed by atoms with Crippen molar-refractivity contribution in [3.05, 3.63) is 28.8 Å². The van der Waals surface area contributed by atoms with Crippen LogP contribution in [0.3, 0.4) is 0 Å². The van der Waals surface area contributed by atoms with E-state index in [0.717, 1.165) is 0 Å². The fourth-order valence-electron chi connectivity index (χ4n) is 1.70. The highest BCUT2D eigenvalue weighted by atomic mass is 35.5. The molecule has 1 rings (SSSR count). The van der Waals surface area contributed by atoms with Crippen LogP contribution in [0.15, 0.2) is 18.2 Å². The molecule has 1 aromatic rings. The molecule has 0 fully saturated rings. The van der Waals surface area contributed by atoms with Crippen LogP contribution in [0.4, 0.5) is 10.5 Å². The maximum atomic E-state index is 11.8. The third kappa shape index (κ3) is 5.32. The van der Waals surface area contributed by atoms with E-state index in [1.807, 2.05) is 19.9 Å². The van der Waals surface area contributed by atoms with Gasteiger partial charge in [-0.1, -0.05) is 25.4 Å². The van der Waals surface area contributed by atoms with E-state index in [0.29, 0.717) is 17.7 Å². The van der Waals surface area contributed by atoms with Crippen LogP contribution in [-0.4, -0.2) is 23.1 Å². The summed E-state index contributed by atoms with van der Waals surface area (Å²) in [5.74, 6) is -0.963. The maximum absolute atomic E-state index is 11.8. The summed E-state index contributed by atoms with van der Waals surface area (Å²) in [5, 5.41) is 22.8. The molecule has 0 aliphatic rings. The van der Waals surface area contributed by atoms with Gasteiger partial charge in [0.25, 0.3) is 0 Å². The zero-order chi connectivity index (χ0) is 16.0. The molecule has 0 saturated heterocycles. The lowest BCUT2D eigenvalue weighted by Gasteiger charge is -2.17.